The van der Waals surface area contributed by atoms with Crippen LogP contribution in [0.4, 0.5) is 0 Å². The molecule has 0 amide bonds. The van der Waals surface area contributed by atoms with Gasteiger partial charge >= 0.3 is 0 Å². The molecule has 2 bridgehead atoms. The van der Waals surface area contributed by atoms with E-state index in [0.717, 1.165) is 12.5 Å². The largest absolute Gasteiger partial charge is 0.378 e. The van der Waals surface area contributed by atoms with Crippen LogP contribution in [-0.4, -0.2) is 12.7 Å². The van der Waals surface area contributed by atoms with E-state index in [4.69, 9.17) is 4.74 Å². The van der Waals surface area contributed by atoms with Crippen LogP contribution in [0.25, 0.3) is 0 Å². The maximum atomic E-state index is 5.68. The Morgan fingerprint density at radius 3 is 2.60 bits per heavy atom. The van der Waals surface area contributed by atoms with Crippen LogP contribution in [0.5, 0.6) is 0 Å². The van der Waals surface area contributed by atoms with Gasteiger partial charge in [-0.25, -0.2) is 0 Å². The van der Waals surface area contributed by atoms with Crippen molar-refractivity contribution in [3.63, 3.8) is 0 Å². The number of rotatable bonds is 0. The molecule has 0 aromatic carbocycles. The van der Waals surface area contributed by atoms with Crippen molar-refractivity contribution >= 4 is 0 Å². The van der Waals surface area contributed by atoms with E-state index in [2.05, 4.69) is 0 Å². The molecule has 0 radical (unpaired) electrons. The Hall–Kier alpha value is -0.0400. The summed E-state index contributed by atoms with van der Waals surface area (Å²) in [6.45, 7) is 1.06. The molecule has 58 valence electrons. The Morgan fingerprint density at radius 2 is 1.80 bits per heavy atom. The van der Waals surface area contributed by atoms with Crippen molar-refractivity contribution in [1.29, 1.82) is 0 Å². The van der Waals surface area contributed by atoms with Gasteiger partial charge in [0, 0.05) is 6.61 Å². The smallest absolute Gasteiger partial charge is 0.0575 e. The van der Waals surface area contributed by atoms with Crippen molar-refractivity contribution < 1.29 is 4.74 Å². The van der Waals surface area contributed by atoms with Gasteiger partial charge in [0.2, 0.25) is 0 Å². The van der Waals surface area contributed by atoms with Gasteiger partial charge in [0.25, 0.3) is 0 Å². The molecule has 2 saturated heterocycles. The summed E-state index contributed by atoms with van der Waals surface area (Å²) in [5.74, 6) is 0.913. The summed E-state index contributed by atoms with van der Waals surface area (Å²) >= 11 is 0. The zero-order chi connectivity index (χ0) is 6.81. The van der Waals surface area contributed by atoms with Gasteiger partial charge in [-0.05, 0) is 31.6 Å². The predicted octanol–water partition coefficient (Wildman–Crippen LogP) is 2.36. The second-order valence-corrected chi connectivity index (χ2v) is 3.68. The first-order chi connectivity index (χ1) is 4.95. The summed E-state index contributed by atoms with van der Waals surface area (Å²) in [6, 6.07) is 0. The summed E-state index contributed by atoms with van der Waals surface area (Å²) in [5, 5.41) is 0. The highest BCUT2D eigenvalue weighted by atomic mass is 16.5. The Balaban J connectivity index is 1.94. The first kappa shape index (κ1) is 6.66. The maximum Gasteiger partial charge on any atom is 0.0575 e. The summed E-state index contributed by atoms with van der Waals surface area (Å²) in [6.07, 6.45) is 9.01. The highest BCUT2D eigenvalue weighted by Gasteiger charge is 2.23. The van der Waals surface area contributed by atoms with Crippen molar-refractivity contribution in [3.05, 3.63) is 0 Å². The minimum atomic E-state index is 0.636. The fraction of sp³-hybridized carbons (Fsp3) is 1.00. The Labute approximate surface area is 62.8 Å². The lowest BCUT2D eigenvalue weighted by atomic mass is 9.88. The van der Waals surface area contributed by atoms with E-state index >= 15 is 0 Å². The van der Waals surface area contributed by atoms with Crippen molar-refractivity contribution in [2.24, 2.45) is 5.92 Å². The number of ether oxygens (including phenoxy) is 1. The van der Waals surface area contributed by atoms with E-state index < -0.39 is 0 Å². The molecule has 0 aromatic heterocycles. The van der Waals surface area contributed by atoms with Crippen LogP contribution in [0.2, 0.25) is 0 Å². The summed E-state index contributed by atoms with van der Waals surface area (Å²) in [4.78, 5) is 0. The molecular weight excluding hydrogens is 124 g/mol. The maximum absolute atomic E-state index is 5.68. The Morgan fingerprint density at radius 1 is 0.900 bits per heavy atom. The number of hydrogen-bond acceptors (Lipinski definition) is 1. The zero-order valence-corrected chi connectivity index (χ0v) is 6.51. The van der Waals surface area contributed by atoms with Gasteiger partial charge in [-0.2, -0.15) is 0 Å². The van der Waals surface area contributed by atoms with Crippen LogP contribution in [0, 0.1) is 5.92 Å². The number of fused-ring (bicyclic) bond motifs is 5. The third-order valence-corrected chi connectivity index (χ3v) is 2.85. The van der Waals surface area contributed by atoms with E-state index in [1.165, 1.54) is 38.5 Å². The van der Waals surface area contributed by atoms with E-state index in [0.29, 0.717) is 6.10 Å². The molecule has 1 aliphatic carbocycles. The van der Waals surface area contributed by atoms with Gasteiger partial charge in [-0.1, -0.05) is 12.8 Å². The van der Waals surface area contributed by atoms with Gasteiger partial charge in [0.1, 0.15) is 0 Å². The quantitative estimate of drug-likeness (QED) is 0.502. The summed E-state index contributed by atoms with van der Waals surface area (Å²) in [7, 11) is 0. The zero-order valence-electron chi connectivity index (χ0n) is 6.51. The van der Waals surface area contributed by atoms with Crippen LogP contribution in [0.3, 0.4) is 0 Å². The fourth-order valence-electron chi connectivity index (χ4n) is 2.12. The molecule has 1 heteroatoms. The van der Waals surface area contributed by atoms with Crippen molar-refractivity contribution in [2.75, 3.05) is 6.61 Å². The fourth-order valence-corrected chi connectivity index (χ4v) is 2.12. The molecule has 0 aromatic rings. The van der Waals surface area contributed by atoms with Crippen molar-refractivity contribution in [3.8, 4) is 0 Å². The van der Waals surface area contributed by atoms with Crippen molar-refractivity contribution in [1.82, 2.24) is 0 Å². The SMILES string of the molecule is C1CCC2CCC(C1)CO2. The molecule has 2 aliphatic heterocycles. The van der Waals surface area contributed by atoms with Crippen molar-refractivity contribution in [2.45, 2.75) is 44.6 Å². The molecule has 0 spiro atoms. The Kier molecular flexibility index (Phi) is 1.94. The standard InChI is InChI=1S/C9H16O/c1-2-4-9-6-5-8(3-1)7-10-9/h8-9H,1-7H2. The van der Waals surface area contributed by atoms with Gasteiger partial charge < -0.3 is 4.74 Å². The highest BCUT2D eigenvalue weighted by Crippen LogP contribution is 2.29. The van der Waals surface area contributed by atoms with E-state index in [1.807, 2.05) is 0 Å². The van der Waals surface area contributed by atoms with E-state index in [9.17, 15) is 0 Å². The lowest BCUT2D eigenvalue weighted by Crippen LogP contribution is -2.27. The van der Waals surface area contributed by atoms with Crippen LogP contribution in [0.1, 0.15) is 38.5 Å². The van der Waals surface area contributed by atoms with E-state index in [-0.39, 0.29) is 0 Å². The number of hydrogen-bond donors (Lipinski definition) is 0. The third kappa shape index (κ3) is 1.34. The molecule has 3 aliphatic rings. The molecule has 2 unspecified atom stereocenters. The second kappa shape index (κ2) is 2.91. The third-order valence-electron chi connectivity index (χ3n) is 2.85. The molecule has 1 nitrogen and oxygen atoms in total. The molecule has 2 atom stereocenters. The molecule has 0 N–H and O–H groups in total. The summed E-state index contributed by atoms with van der Waals surface area (Å²) < 4.78 is 5.68. The van der Waals surface area contributed by atoms with Gasteiger partial charge in [-0.15, -0.1) is 0 Å². The van der Waals surface area contributed by atoms with Crippen LogP contribution >= 0.6 is 0 Å². The minimum absolute atomic E-state index is 0.636. The lowest BCUT2D eigenvalue weighted by Gasteiger charge is -2.31. The molecule has 3 fully saturated rings. The van der Waals surface area contributed by atoms with Crippen LogP contribution < -0.4 is 0 Å². The van der Waals surface area contributed by atoms with Gasteiger partial charge in [-0.3, -0.25) is 0 Å². The van der Waals surface area contributed by atoms with Gasteiger partial charge in [0.15, 0.2) is 0 Å². The minimum Gasteiger partial charge on any atom is -0.378 e. The molecule has 3 rings (SSSR count). The highest BCUT2D eigenvalue weighted by molar-refractivity contribution is 4.73. The topological polar surface area (TPSA) is 9.23 Å². The molecule has 2 heterocycles. The average Bonchev–Trinajstić information content (AvgIpc) is 1.89. The lowest BCUT2D eigenvalue weighted by molar-refractivity contribution is -0.0330. The molecule has 10 heavy (non-hydrogen) atoms. The van der Waals surface area contributed by atoms with Gasteiger partial charge in [0.05, 0.1) is 6.10 Å². The normalized spacial score (nSPS) is 40.8. The second-order valence-electron chi connectivity index (χ2n) is 3.68. The van der Waals surface area contributed by atoms with Crippen LogP contribution in [0.15, 0.2) is 0 Å². The molecule has 1 saturated carbocycles. The monoisotopic (exact) mass is 140 g/mol. The first-order valence-corrected chi connectivity index (χ1v) is 4.57. The molecular formula is C9H16O. The first-order valence-electron chi connectivity index (χ1n) is 4.57. The predicted molar refractivity (Wildman–Crippen MR) is 40.9 cm³/mol. The van der Waals surface area contributed by atoms with E-state index in [1.54, 1.807) is 0 Å². The summed E-state index contributed by atoms with van der Waals surface area (Å²) in [5.41, 5.74) is 0. The van der Waals surface area contributed by atoms with Crippen LogP contribution in [-0.2, 0) is 4.74 Å². The average molecular weight is 140 g/mol. The Bertz CT molecular complexity index is 83.8.